The summed E-state index contributed by atoms with van der Waals surface area (Å²) in [5.74, 6) is 1.26. The summed E-state index contributed by atoms with van der Waals surface area (Å²) in [4.78, 5) is 29.4. The van der Waals surface area contributed by atoms with E-state index >= 15 is 0 Å². The van der Waals surface area contributed by atoms with Crippen LogP contribution in [0.3, 0.4) is 0 Å². The molecule has 5 rings (SSSR count). The van der Waals surface area contributed by atoms with Crippen molar-refractivity contribution in [3.8, 4) is 22.8 Å². The van der Waals surface area contributed by atoms with Crippen molar-refractivity contribution in [1.29, 1.82) is 0 Å². The average molecular weight is 618 g/mol. The number of carbonyl (C=O) groups is 1. The third-order valence-corrected chi connectivity index (χ3v) is 7.54. The first-order valence-corrected chi connectivity index (χ1v) is 15.5. The molecule has 240 valence electrons. The predicted octanol–water partition coefficient (Wildman–Crippen LogP) is 5.00. The molecule has 0 bridgehead atoms. The van der Waals surface area contributed by atoms with Crippen molar-refractivity contribution in [2.24, 2.45) is 0 Å². The van der Waals surface area contributed by atoms with Crippen molar-refractivity contribution in [2.45, 2.75) is 64.8 Å². The molecule has 0 radical (unpaired) electrons. The van der Waals surface area contributed by atoms with Crippen molar-refractivity contribution < 1.29 is 23.8 Å². The monoisotopic (exact) mass is 617 g/mol. The second kappa shape index (κ2) is 15.6. The lowest BCUT2D eigenvalue weighted by atomic mass is 10.2. The number of aromatic nitrogens is 4. The maximum atomic E-state index is 12.2. The van der Waals surface area contributed by atoms with E-state index in [2.05, 4.69) is 51.8 Å². The molecule has 1 unspecified atom stereocenters. The summed E-state index contributed by atoms with van der Waals surface area (Å²) in [5, 5.41) is 7.99. The van der Waals surface area contributed by atoms with Gasteiger partial charge in [0.05, 0.1) is 43.3 Å². The van der Waals surface area contributed by atoms with Gasteiger partial charge in [0, 0.05) is 86.5 Å². The number of hydrogen-bond donors (Lipinski definition) is 2. The van der Waals surface area contributed by atoms with Gasteiger partial charge in [0.1, 0.15) is 11.5 Å². The molecule has 1 aliphatic rings. The van der Waals surface area contributed by atoms with Gasteiger partial charge in [-0.3, -0.25) is 14.5 Å². The van der Waals surface area contributed by atoms with Crippen LogP contribution < -0.4 is 25.2 Å². The lowest BCUT2D eigenvalue weighted by molar-refractivity contribution is -0.200. The molecular weight excluding hydrogens is 574 g/mol. The van der Waals surface area contributed by atoms with E-state index in [-0.39, 0.29) is 12.2 Å². The highest BCUT2D eigenvalue weighted by atomic mass is 16.8. The molecule has 1 saturated heterocycles. The highest BCUT2D eigenvalue weighted by molar-refractivity contribution is 5.82. The van der Waals surface area contributed by atoms with E-state index in [4.69, 9.17) is 24.0 Å². The Morgan fingerprint density at radius 1 is 1.07 bits per heavy atom. The summed E-state index contributed by atoms with van der Waals surface area (Å²) in [6.07, 6.45) is 8.91. The number of benzene rings is 2. The molecule has 1 amide bonds. The predicted molar refractivity (Wildman–Crippen MR) is 173 cm³/mol. The van der Waals surface area contributed by atoms with E-state index in [1.807, 2.05) is 35.1 Å². The van der Waals surface area contributed by atoms with Gasteiger partial charge in [-0.2, -0.15) is 5.10 Å². The Balaban J connectivity index is 1.28. The average Bonchev–Trinajstić information content (AvgIpc) is 3.54. The Hall–Kier alpha value is -4.26. The summed E-state index contributed by atoms with van der Waals surface area (Å²) in [7, 11) is 3.30. The standard InChI is InChI=1S/C33H43N7O5/c1-23(2)34-12-14-40(26-16-27(42-3)19-28(17-26)43-4)25-10-11-29-30(18-25)37-31(21-35-29)24-20-36-39(22-24)13-7-8-32(41)38-45-33-9-5-6-15-44-33/h10-11,16-23,33-34H,5-9,12-15H2,1-4H3,(H,38,41). The quantitative estimate of drug-likeness (QED) is 0.176. The van der Waals surface area contributed by atoms with Crippen molar-refractivity contribution in [1.82, 2.24) is 30.5 Å². The van der Waals surface area contributed by atoms with Crippen LogP contribution >= 0.6 is 0 Å². The number of ether oxygens (including phenoxy) is 3. The highest BCUT2D eigenvalue weighted by Gasteiger charge is 2.17. The minimum absolute atomic E-state index is 0.172. The van der Waals surface area contributed by atoms with Gasteiger partial charge in [-0.05, 0) is 37.5 Å². The van der Waals surface area contributed by atoms with Gasteiger partial charge in [-0.15, -0.1) is 0 Å². The van der Waals surface area contributed by atoms with Crippen LogP contribution in [0.25, 0.3) is 22.3 Å². The number of anilines is 2. The summed E-state index contributed by atoms with van der Waals surface area (Å²) >= 11 is 0. The van der Waals surface area contributed by atoms with Crippen LogP contribution in [-0.4, -0.2) is 71.9 Å². The molecule has 0 saturated carbocycles. The number of nitrogens with one attached hydrogen (secondary N) is 2. The molecule has 4 aromatic rings. The van der Waals surface area contributed by atoms with Gasteiger partial charge >= 0.3 is 0 Å². The molecule has 12 heteroatoms. The minimum atomic E-state index is -0.356. The second-order valence-electron chi connectivity index (χ2n) is 11.3. The molecule has 1 atom stereocenters. The summed E-state index contributed by atoms with van der Waals surface area (Å²) < 4.78 is 18.4. The Labute approximate surface area is 264 Å². The van der Waals surface area contributed by atoms with Crippen molar-refractivity contribution >= 4 is 28.3 Å². The second-order valence-corrected chi connectivity index (χ2v) is 11.3. The molecule has 0 spiro atoms. The molecule has 3 heterocycles. The first-order chi connectivity index (χ1) is 21.9. The fraction of sp³-hybridized carbons (Fsp3) is 0.455. The van der Waals surface area contributed by atoms with Crippen LogP contribution in [0.4, 0.5) is 11.4 Å². The number of nitrogens with zero attached hydrogens (tertiary/aromatic N) is 5. The molecule has 2 N–H and O–H groups in total. The van der Waals surface area contributed by atoms with E-state index < -0.39 is 0 Å². The highest BCUT2D eigenvalue weighted by Crippen LogP contribution is 2.34. The van der Waals surface area contributed by atoms with E-state index in [9.17, 15) is 4.79 Å². The minimum Gasteiger partial charge on any atom is -0.497 e. The summed E-state index contributed by atoms with van der Waals surface area (Å²) in [6, 6.07) is 12.3. The first kappa shape index (κ1) is 32.1. The van der Waals surface area contributed by atoms with E-state index in [0.29, 0.717) is 43.5 Å². The van der Waals surface area contributed by atoms with Gasteiger partial charge in [-0.25, -0.2) is 15.3 Å². The molecule has 2 aromatic carbocycles. The summed E-state index contributed by atoms with van der Waals surface area (Å²) in [5.41, 5.74) is 7.57. The Bertz CT molecular complexity index is 1530. The molecule has 2 aromatic heterocycles. The lowest BCUT2D eigenvalue weighted by Gasteiger charge is -2.27. The fourth-order valence-corrected chi connectivity index (χ4v) is 5.13. The van der Waals surface area contributed by atoms with Crippen LogP contribution in [0.1, 0.15) is 46.0 Å². The number of carbonyl (C=O) groups excluding carboxylic acids is 1. The fourth-order valence-electron chi connectivity index (χ4n) is 5.13. The first-order valence-electron chi connectivity index (χ1n) is 15.5. The number of hydroxylamine groups is 1. The number of rotatable bonds is 15. The van der Waals surface area contributed by atoms with Gasteiger partial charge in [-0.1, -0.05) is 13.8 Å². The topological polar surface area (TPSA) is 125 Å². The van der Waals surface area contributed by atoms with Crippen molar-refractivity contribution in [3.63, 3.8) is 0 Å². The van der Waals surface area contributed by atoms with Gasteiger partial charge in [0.2, 0.25) is 5.91 Å². The SMILES string of the molecule is COc1cc(OC)cc(N(CCNC(C)C)c2ccc3ncc(-c4cnn(CCCC(=O)NOC5CCCCO5)c4)nc3c2)c1. The van der Waals surface area contributed by atoms with Gasteiger partial charge in [0.15, 0.2) is 6.29 Å². The van der Waals surface area contributed by atoms with Crippen LogP contribution in [0.5, 0.6) is 11.5 Å². The number of amides is 1. The van der Waals surface area contributed by atoms with Crippen LogP contribution in [0, 0.1) is 0 Å². The normalized spacial score (nSPS) is 14.9. The number of methoxy groups -OCH3 is 2. The largest absolute Gasteiger partial charge is 0.497 e. The zero-order chi connectivity index (χ0) is 31.6. The lowest BCUT2D eigenvalue weighted by Crippen LogP contribution is -2.33. The number of hydrogen-bond acceptors (Lipinski definition) is 10. The van der Waals surface area contributed by atoms with E-state index in [1.54, 1.807) is 26.6 Å². The Morgan fingerprint density at radius 2 is 1.89 bits per heavy atom. The van der Waals surface area contributed by atoms with Crippen LogP contribution in [0.15, 0.2) is 55.0 Å². The number of aryl methyl sites for hydroxylation is 1. The van der Waals surface area contributed by atoms with Crippen molar-refractivity contribution in [2.75, 3.05) is 38.8 Å². The zero-order valence-electron chi connectivity index (χ0n) is 26.5. The molecule has 1 fully saturated rings. The van der Waals surface area contributed by atoms with Gasteiger partial charge in [0.25, 0.3) is 0 Å². The molecule has 45 heavy (non-hydrogen) atoms. The third kappa shape index (κ3) is 8.90. The van der Waals surface area contributed by atoms with Crippen LogP contribution in [0.2, 0.25) is 0 Å². The zero-order valence-corrected chi connectivity index (χ0v) is 26.5. The third-order valence-electron chi connectivity index (χ3n) is 7.54. The maximum absolute atomic E-state index is 12.2. The molecule has 12 nitrogen and oxygen atoms in total. The van der Waals surface area contributed by atoms with Crippen molar-refractivity contribution in [3.05, 3.63) is 55.0 Å². The maximum Gasteiger partial charge on any atom is 0.243 e. The smallest absolute Gasteiger partial charge is 0.243 e. The molecule has 0 aliphatic carbocycles. The molecule has 1 aliphatic heterocycles. The Kier molecular flexibility index (Phi) is 11.2. The van der Waals surface area contributed by atoms with E-state index in [0.717, 1.165) is 66.0 Å². The van der Waals surface area contributed by atoms with E-state index in [1.165, 1.54) is 0 Å². The molecular formula is C33H43N7O5. The van der Waals surface area contributed by atoms with Gasteiger partial charge < -0.3 is 24.4 Å². The Morgan fingerprint density at radius 3 is 2.62 bits per heavy atom. The number of fused-ring (bicyclic) bond motifs is 1. The van der Waals surface area contributed by atoms with Crippen LogP contribution in [-0.2, 0) is 20.9 Å². The summed E-state index contributed by atoms with van der Waals surface area (Å²) in [6.45, 7) is 7.02.